The van der Waals surface area contributed by atoms with Gasteiger partial charge in [-0.05, 0) is 47.5 Å². The lowest BCUT2D eigenvalue weighted by Crippen LogP contribution is -2.32. The van der Waals surface area contributed by atoms with Crippen molar-refractivity contribution in [3.05, 3.63) is 28.2 Å². The molecule has 0 radical (unpaired) electrons. The molecule has 2 N–H and O–H groups in total. The van der Waals surface area contributed by atoms with E-state index in [1.165, 1.54) is 12.1 Å². The summed E-state index contributed by atoms with van der Waals surface area (Å²) in [6.07, 6.45) is 1.59. The van der Waals surface area contributed by atoms with Crippen LogP contribution in [0.15, 0.2) is 27.6 Å². The molecule has 0 amide bonds. The monoisotopic (exact) mass is 349 g/mol. The Hall–Kier alpha value is -0.920. The second-order valence-corrected chi connectivity index (χ2v) is 6.83. The van der Waals surface area contributed by atoms with Gasteiger partial charge in [0.05, 0.1) is 10.5 Å². The highest BCUT2D eigenvalue weighted by molar-refractivity contribution is 9.10. The minimum absolute atomic E-state index is 0.0453. The standard InChI is InChI=1S/C12H16BrNO4S/c1-3-4-8(2)14-19(17,18)9-5-6-11(13)10(7-9)12(15)16/h5-8,14H,3-4H2,1-2H3,(H,15,16). The predicted octanol–water partition coefficient (Wildman–Crippen LogP) is 2.61. The number of carboxylic acids is 1. The number of carbonyl (C=O) groups is 1. The fourth-order valence-electron chi connectivity index (χ4n) is 1.66. The second-order valence-electron chi connectivity index (χ2n) is 4.26. The summed E-state index contributed by atoms with van der Waals surface area (Å²) in [7, 11) is -3.69. The summed E-state index contributed by atoms with van der Waals surface area (Å²) in [5.41, 5.74) is -0.0778. The van der Waals surface area contributed by atoms with E-state index in [-0.39, 0.29) is 16.5 Å². The summed E-state index contributed by atoms with van der Waals surface area (Å²) in [6, 6.07) is 3.75. The summed E-state index contributed by atoms with van der Waals surface area (Å²) in [5.74, 6) is -1.18. The number of halogens is 1. The lowest BCUT2D eigenvalue weighted by Gasteiger charge is -2.13. The van der Waals surface area contributed by atoms with Crippen LogP contribution in [-0.4, -0.2) is 25.5 Å². The Morgan fingerprint density at radius 2 is 2.11 bits per heavy atom. The van der Waals surface area contributed by atoms with Gasteiger partial charge < -0.3 is 5.11 Å². The fraction of sp³-hybridized carbons (Fsp3) is 0.417. The van der Waals surface area contributed by atoms with Crippen molar-refractivity contribution in [3.63, 3.8) is 0 Å². The summed E-state index contributed by atoms with van der Waals surface area (Å²) in [4.78, 5) is 10.9. The predicted molar refractivity (Wildman–Crippen MR) is 75.8 cm³/mol. The zero-order chi connectivity index (χ0) is 14.6. The highest BCUT2D eigenvalue weighted by Crippen LogP contribution is 2.21. The summed E-state index contributed by atoms with van der Waals surface area (Å²) in [6.45, 7) is 3.74. The van der Waals surface area contributed by atoms with Crippen molar-refractivity contribution in [2.24, 2.45) is 0 Å². The van der Waals surface area contributed by atoms with E-state index in [1.54, 1.807) is 6.92 Å². The van der Waals surface area contributed by atoms with Gasteiger partial charge in [0.25, 0.3) is 0 Å². The van der Waals surface area contributed by atoms with E-state index in [0.29, 0.717) is 4.47 Å². The molecule has 7 heteroatoms. The number of benzene rings is 1. The first kappa shape index (κ1) is 16.1. The van der Waals surface area contributed by atoms with Crippen LogP contribution in [0.3, 0.4) is 0 Å². The van der Waals surface area contributed by atoms with Crippen molar-refractivity contribution < 1.29 is 18.3 Å². The van der Waals surface area contributed by atoms with E-state index in [2.05, 4.69) is 20.7 Å². The maximum absolute atomic E-state index is 12.1. The molecule has 1 atom stereocenters. The number of rotatable bonds is 6. The molecule has 0 aromatic heterocycles. The van der Waals surface area contributed by atoms with Crippen molar-refractivity contribution in [3.8, 4) is 0 Å². The molecule has 0 bridgehead atoms. The van der Waals surface area contributed by atoms with E-state index in [0.717, 1.165) is 18.9 Å². The average Bonchev–Trinajstić information content (AvgIpc) is 2.28. The summed E-state index contributed by atoms with van der Waals surface area (Å²) >= 11 is 3.08. The Balaban J connectivity index is 3.08. The van der Waals surface area contributed by atoms with E-state index >= 15 is 0 Å². The number of aromatic carboxylic acids is 1. The molecule has 5 nitrogen and oxygen atoms in total. The van der Waals surface area contributed by atoms with E-state index in [1.807, 2.05) is 6.92 Å². The van der Waals surface area contributed by atoms with Crippen LogP contribution in [0, 0.1) is 0 Å². The first-order valence-electron chi connectivity index (χ1n) is 5.83. The number of carboxylic acid groups (broad SMARTS) is 1. The van der Waals surface area contributed by atoms with Crippen LogP contribution >= 0.6 is 15.9 Å². The Morgan fingerprint density at radius 1 is 1.47 bits per heavy atom. The van der Waals surface area contributed by atoms with E-state index < -0.39 is 16.0 Å². The second kappa shape index (κ2) is 6.49. The number of sulfonamides is 1. The Bertz CT molecular complexity index is 571. The molecule has 0 aliphatic carbocycles. The van der Waals surface area contributed by atoms with E-state index in [9.17, 15) is 13.2 Å². The lowest BCUT2D eigenvalue weighted by molar-refractivity contribution is 0.0695. The Kier molecular flexibility index (Phi) is 5.51. The molecule has 0 aliphatic heterocycles. The molecular weight excluding hydrogens is 334 g/mol. The van der Waals surface area contributed by atoms with Crippen LogP contribution in [0.25, 0.3) is 0 Å². The highest BCUT2D eigenvalue weighted by atomic mass is 79.9. The maximum atomic E-state index is 12.1. The molecule has 19 heavy (non-hydrogen) atoms. The SMILES string of the molecule is CCCC(C)NS(=O)(=O)c1ccc(Br)c(C(=O)O)c1. The van der Waals surface area contributed by atoms with Crippen LogP contribution in [0.5, 0.6) is 0 Å². The van der Waals surface area contributed by atoms with Gasteiger partial charge in [0.15, 0.2) is 0 Å². The van der Waals surface area contributed by atoms with Crippen LogP contribution in [0.1, 0.15) is 37.0 Å². The van der Waals surface area contributed by atoms with Gasteiger partial charge in [-0.3, -0.25) is 0 Å². The third-order valence-corrected chi connectivity index (χ3v) is 4.84. The third kappa shape index (κ3) is 4.29. The smallest absolute Gasteiger partial charge is 0.336 e. The molecule has 106 valence electrons. The minimum atomic E-state index is -3.69. The van der Waals surface area contributed by atoms with Crippen LogP contribution in [-0.2, 0) is 10.0 Å². The van der Waals surface area contributed by atoms with Gasteiger partial charge in [0.2, 0.25) is 10.0 Å². The maximum Gasteiger partial charge on any atom is 0.336 e. The molecule has 0 saturated carbocycles. The van der Waals surface area contributed by atoms with Gasteiger partial charge in [-0.25, -0.2) is 17.9 Å². The van der Waals surface area contributed by atoms with Crippen molar-refractivity contribution in [2.75, 3.05) is 0 Å². The first-order chi connectivity index (χ1) is 8.77. The molecule has 1 unspecified atom stereocenters. The van der Waals surface area contributed by atoms with Crippen LogP contribution in [0.2, 0.25) is 0 Å². The minimum Gasteiger partial charge on any atom is -0.478 e. The number of nitrogens with one attached hydrogen (secondary N) is 1. The molecule has 0 fully saturated rings. The van der Waals surface area contributed by atoms with Gasteiger partial charge in [-0.2, -0.15) is 0 Å². The summed E-state index contributed by atoms with van der Waals surface area (Å²) < 4.78 is 27.0. The Labute approximate surface area is 121 Å². The average molecular weight is 350 g/mol. The Morgan fingerprint density at radius 3 is 2.63 bits per heavy atom. The quantitative estimate of drug-likeness (QED) is 0.826. The van der Waals surface area contributed by atoms with Crippen molar-refractivity contribution in [2.45, 2.75) is 37.6 Å². The van der Waals surface area contributed by atoms with Crippen molar-refractivity contribution >= 4 is 31.9 Å². The number of hydrogen-bond donors (Lipinski definition) is 2. The molecule has 0 aliphatic rings. The normalized spacial score (nSPS) is 13.2. The number of hydrogen-bond acceptors (Lipinski definition) is 3. The van der Waals surface area contributed by atoms with Gasteiger partial charge in [-0.1, -0.05) is 13.3 Å². The molecule has 1 aromatic rings. The molecule has 1 aromatic carbocycles. The molecule has 1 rings (SSSR count). The van der Waals surface area contributed by atoms with Gasteiger partial charge in [0.1, 0.15) is 0 Å². The van der Waals surface area contributed by atoms with Gasteiger partial charge in [0, 0.05) is 10.5 Å². The lowest BCUT2D eigenvalue weighted by atomic mass is 10.2. The molecule has 0 spiro atoms. The largest absolute Gasteiger partial charge is 0.478 e. The van der Waals surface area contributed by atoms with Crippen LogP contribution < -0.4 is 4.72 Å². The topological polar surface area (TPSA) is 83.5 Å². The first-order valence-corrected chi connectivity index (χ1v) is 8.10. The zero-order valence-electron chi connectivity index (χ0n) is 10.7. The van der Waals surface area contributed by atoms with Crippen molar-refractivity contribution in [1.82, 2.24) is 4.72 Å². The van der Waals surface area contributed by atoms with Crippen LogP contribution in [0.4, 0.5) is 0 Å². The van der Waals surface area contributed by atoms with Gasteiger partial charge >= 0.3 is 5.97 Å². The van der Waals surface area contributed by atoms with Gasteiger partial charge in [-0.15, -0.1) is 0 Å². The highest BCUT2D eigenvalue weighted by Gasteiger charge is 2.19. The zero-order valence-corrected chi connectivity index (χ0v) is 13.1. The fourth-order valence-corrected chi connectivity index (χ4v) is 3.38. The summed E-state index contributed by atoms with van der Waals surface area (Å²) in [5, 5.41) is 8.98. The van der Waals surface area contributed by atoms with Crippen molar-refractivity contribution in [1.29, 1.82) is 0 Å². The van der Waals surface area contributed by atoms with E-state index in [4.69, 9.17) is 5.11 Å². The molecule has 0 saturated heterocycles. The third-order valence-electron chi connectivity index (χ3n) is 2.56. The molecule has 0 heterocycles. The molecular formula is C12H16BrNO4S.